The molecule has 0 bridgehead atoms. The predicted octanol–water partition coefficient (Wildman–Crippen LogP) is 1.61. The highest BCUT2D eigenvalue weighted by atomic mass is 16.5. The van der Waals surface area contributed by atoms with Crippen molar-refractivity contribution in [1.29, 1.82) is 0 Å². The number of fused-ring (bicyclic) bond motifs is 1. The SMILES string of the molecule is COc1ccccc1NC(=O)CN1C(=O)N(Cc2ccccn2)C(=O)C2NCCCC21. The van der Waals surface area contributed by atoms with E-state index in [2.05, 4.69) is 15.6 Å². The monoisotopic (exact) mass is 423 g/mol. The van der Waals surface area contributed by atoms with Crippen LogP contribution in [0.25, 0.3) is 0 Å². The van der Waals surface area contributed by atoms with Crippen LogP contribution in [0, 0.1) is 0 Å². The first kappa shape index (κ1) is 20.8. The number of anilines is 1. The van der Waals surface area contributed by atoms with Crippen LogP contribution in [-0.2, 0) is 16.1 Å². The van der Waals surface area contributed by atoms with Gasteiger partial charge in [0, 0.05) is 6.20 Å². The van der Waals surface area contributed by atoms with E-state index in [-0.39, 0.29) is 30.9 Å². The van der Waals surface area contributed by atoms with Gasteiger partial charge in [-0.1, -0.05) is 18.2 Å². The van der Waals surface area contributed by atoms with Crippen LogP contribution in [0.3, 0.4) is 0 Å². The second-order valence-electron chi connectivity index (χ2n) is 7.55. The van der Waals surface area contributed by atoms with E-state index in [1.54, 1.807) is 42.6 Å². The third kappa shape index (κ3) is 4.36. The molecule has 1 aromatic heterocycles. The summed E-state index contributed by atoms with van der Waals surface area (Å²) in [6.07, 6.45) is 3.11. The number of aromatic nitrogens is 1. The largest absolute Gasteiger partial charge is 0.495 e. The minimum atomic E-state index is -0.533. The molecule has 162 valence electrons. The van der Waals surface area contributed by atoms with Crippen LogP contribution < -0.4 is 15.4 Å². The molecule has 31 heavy (non-hydrogen) atoms. The van der Waals surface area contributed by atoms with Crippen molar-refractivity contribution in [3.63, 3.8) is 0 Å². The first-order chi connectivity index (χ1) is 15.1. The van der Waals surface area contributed by atoms with E-state index in [4.69, 9.17) is 4.74 Å². The van der Waals surface area contributed by atoms with Gasteiger partial charge in [0.2, 0.25) is 11.8 Å². The molecule has 2 N–H and O–H groups in total. The van der Waals surface area contributed by atoms with Crippen molar-refractivity contribution < 1.29 is 19.1 Å². The van der Waals surface area contributed by atoms with E-state index in [0.717, 1.165) is 6.42 Å². The molecular formula is C22H25N5O4. The summed E-state index contributed by atoms with van der Waals surface area (Å²) in [5, 5.41) is 6.03. The highest BCUT2D eigenvalue weighted by molar-refractivity contribution is 6.03. The zero-order valence-corrected chi connectivity index (χ0v) is 17.3. The fourth-order valence-electron chi connectivity index (χ4n) is 4.09. The van der Waals surface area contributed by atoms with Gasteiger partial charge in [0.25, 0.3) is 0 Å². The van der Waals surface area contributed by atoms with Gasteiger partial charge in [-0.3, -0.25) is 19.5 Å². The third-order valence-corrected chi connectivity index (χ3v) is 5.58. The molecule has 2 aliphatic rings. The van der Waals surface area contributed by atoms with Crippen molar-refractivity contribution in [3.8, 4) is 5.75 Å². The Morgan fingerprint density at radius 1 is 1.23 bits per heavy atom. The van der Waals surface area contributed by atoms with Gasteiger partial charge in [0.1, 0.15) is 18.3 Å². The number of amides is 4. The standard InChI is InChI=1S/C22H25N5O4/c1-31-18-10-3-2-8-16(18)25-19(28)14-26-17-9-6-12-24-20(17)21(29)27(22(26)30)13-15-7-4-5-11-23-15/h2-5,7-8,10-11,17,20,24H,6,9,12-14H2,1H3,(H,25,28). The summed E-state index contributed by atoms with van der Waals surface area (Å²) in [6, 6.07) is 11.0. The van der Waals surface area contributed by atoms with Crippen LogP contribution in [0.5, 0.6) is 5.75 Å². The molecule has 2 unspecified atom stereocenters. The zero-order chi connectivity index (χ0) is 21.8. The van der Waals surface area contributed by atoms with Gasteiger partial charge < -0.3 is 20.3 Å². The van der Waals surface area contributed by atoms with Gasteiger partial charge in [-0.2, -0.15) is 0 Å². The average molecular weight is 423 g/mol. The molecule has 2 aromatic rings. The fourth-order valence-corrected chi connectivity index (χ4v) is 4.09. The van der Waals surface area contributed by atoms with Crippen LogP contribution in [0.2, 0.25) is 0 Å². The molecular weight excluding hydrogens is 398 g/mol. The lowest BCUT2D eigenvalue weighted by atomic mass is 9.93. The number of pyridine rings is 1. The number of carbonyl (C=O) groups is 3. The zero-order valence-electron chi connectivity index (χ0n) is 17.3. The van der Waals surface area contributed by atoms with Crippen molar-refractivity contribution in [3.05, 3.63) is 54.4 Å². The number of imide groups is 1. The smallest absolute Gasteiger partial charge is 0.327 e. The molecule has 0 radical (unpaired) electrons. The maximum absolute atomic E-state index is 13.3. The maximum atomic E-state index is 13.3. The first-order valence-corrected chi connectivity index (χ1v) is 10.3. The van der Waals surface area contributed by atoms with E-state index in [9.17, 15) is 14.4 Å². The Labute approximate surface area is 180 Å². The molecule has 2 aliphatic heterocycles. The molecule has 3 heterocycles. The van der Waals surface area contributed by atoms with Crippen molar-refractivity contribution in [2.24, 2.45) is 0 Å². The summed E-state index contributed by atoms with van der Waals surface area (Å²) in [5.74, 6) is -0.0963. The Kier molecular flexibility index (Phi) is 6.13. The molecule has 0 aliphatic carbocycles. The molecule has 4 rings (SSSR count). The van der Waals surface area contributed by atoms with Gasteiger partial charge in [-0.05, 0) is 43.7 Å². The maximum Gasteiger partial charge on any atom is 0.327 e. The van der Waals surface area contributed by atoms with Crippen LogP contribution in [0.1, 0.15) is 18.5 Å². The molecule has 2 atom stereocenters. The topological polar surface area (TPSA) is 104 Å². The number of rotatable bonds is 6. The molecule has 2 fully saturated rings. The second kappa shape index (κ2) is 9.13. The van der Waals surface area contributed by atoms with Gasteiger partial charge in [0.05, 0.1) is 31.1 Å². The van der Waals surface area contributed by atoms with Crippen LogP contribution >= 0.6 is 0 Å². The lowest BCUT2D eigenvalue weighted by Gasteiger charge is -2.46. The van der Waals surface area contributed by atoms with E-state index >= 15 is 0 Å². The number of piperidine rings is 1. The summed E-state index contributed by atoms with van der Waals surface area (Å²) in [6.45, 7) is 0.597. The minimum Gasteiger partial charge on any atom is -0.495 e. The van der Waals surface area contributed by atoms with Crippen molar-refractivity contribution >= 4 is 23.5 Å². The number of ether oxygens (including phenoxy) is 1. The summed E-state index contributed by atoms with van der Waals surface area (Å²) < 4.78 is 5.28. The van der Waals surface area contributed by atoms with E-state index in [1.807, 2.05) is 6.07 Å². The second-order valence-corrected chi connectivity index (χ2v) is 7.55. The number of hydrogen-bond donors (Lipinski definition) is 2. The number of nitrogens with zero attached hydrogens (tertiary/aromatic N) is 3. The number of urea groups is 1. The molecule has 1 aromatic carbocycles. The third-order valence-electron chi connectivity index (χ3n) is 5.58. The molecule has 0 saturated carbocycles. The number of para-hydroxylation sites is 2. The number of benzene rings is 1. The van der Waals surface area contributed by atoms with Gasteiger partial charge in [-0.15, -0.1) is 0 Å². The van der Waals surface area contributed by atoms with E-state index < -0.39 is 12.1 Å². The Balaban J connectivity index is 1.54. The molecule has 9 heteroatoms. The fraction of sp³-hybridized carbons (Fsp3) is 0.364. The number of nitrogens with one attached hydrogen (secondary N) is 2. The van der Waals surface area contributed by atoms with Crippen LogP contribution in [0.4, 0.5) is 10.5 Å². The Morgan fingerprint density at radius 3 is 2.81 bits per heavy atom. The van der Waals surface area contributed by atoms with Gasteiger partial charge in [-0.25, -0.2) is 4.79 Å². The summed E-state index contributed by atoms with van der Waals surface area (Å²) in [4.78, 5) is 46.0. The Hall–Kier alpha value is -3.46. The van der Waals surface area contributed by atoms with E-state index in [0.29, 0.717) is 30.1 Å². The lowest BCUT2D eigenvalue weighted by molar-refractivity contribution is -0.138. The normalized spacial score (nSPS) is 20.9. The van der Waals surface area contributed by atoms with Crippen molar-refractivity contribution in [1.82, 2.24) is 20.1 Å². The quantitative estimate of drug-likeness (QED) is 0.732. The number of carbonyl (C=O) groups excluding carboxylic acids is 3. The minimum absolute atomic E-state index is 0.0635. The highest BCUT2D eigenvalue weighted by Gasteiger charge is 2.47. The van der Waals surface area contributed by atoms with E-state index in [1.165, 1.54) is 16.9 Å². The van der Waals surface area contributed by atoms with Crippen molar-refractivity contribution in [2.45, 2.75) is 31.5 Å². The van der Waals surface area contributed by atoms with Gasteiger partial charge in [0.15, 0.2) is 0 Å². The molecule has 2 saturated heterocycles. The van der Waals surface area contributed by atoms with Gasteiger partial charge >= 0.3 is 6.03 Å². The van der Waals surface area contributed by atoms with Crippen LogP contribution in [0.15, 0.2) is 48.7 Å². The summed E-state index contributed by atoms with van der Waals surface area (Å²) in [5.41, 5.74) is 1.14. The Morgan fingerprint density at radius 2 is 2.03 bits per heavy atom. The summed E-state index contributed by atoms with van der Waals surface area (Å²) >= 11 is 0. The highest BCUT2D eigenvalue weighted by Crippen LogP contribution is 2.27. The summed E-state index contributed by atoms with van der Waals surface area (Å²) in [7, 11) is 1.53. The number of methoxy groups -OCH3 is 1. The first-order valence-electron chi connectivity index (χ1n) is 10.3. The number of hydrogen-bond acceptors (Lipinski definition) is 6. The molecule has 4 amide bonds. The van der Waals surface area contributed by atoms with Crippen LogP contribution in [-0.4, -0.2) is 64.9 Å². The molecule has 9 nitrogen and oxygen atoms in total. The lowest BCUT2D eigenvalue weighted by Crippen LogP contribution is -2.70. The Bertz CT molecular complexity index is 967. The predicted molar refractivity (Wildman–Crippen MR) is 113 cm³/mol. The molecule has 0 spiro atoms. The average Bonchev–Trinajstić information content (AvgIpc) is 2.80. The van der Waals surface area contributed by atoms with Crippen molar-refractivity contribution in [2.75, 3.05) is 25.5 Å².